The van der Waals surface area contributed by atoms with Crippen LogP contribution in [0.1, 0.15) is 12.5 Å². The van der Waals surface area contributed by atoms with Gasteiger partial charge < -0.3 is 4.90 Å². The second kappa shape index (κ2) is 5.87. The molecule has 0 fully saturated rings. The molecule has 3 heteroatoms. The van der Waals surface area contributed by atoms with Gasteiger partial charge in [0.2, 0.25) is 5.91 Å². The molecule has 0 aliphatic rings. The maximum Gasteiger partial charge on any atom is 0.237 e. The van der Waals surface area contributed by atoms with Crippen molar-refractivity contribution in [1.29, 1.82) is 0 Å². The zero-order valence-electron chi connectivity index (χ0n) is 10.4. The minimum absolute atomic E-state index is 0.0210. The topological polar surface area (TPSA) is 20.3 Å². The van der Waals surface area contributed by atoms with Crippen molar-refractivity contribution in [3.8, 4) is 0 Å². The normalized spacial score (nSPS) is 10.6. The Balaban J connectivity index is 2.23. The van der Waals surface area contributed by atoms with E-state index in [0.29, 0.717) is 13.1 Å². The van der Waals surface area contributed by atoms with Crippen LogP contribution in [0.5, 0.6) is 0 Å². The highest BCUT2D eigenvalue weighted by Gasteiger charge is 2.10. The zero-order valence-corrected chi connectivity index (χ0v) is 11.2. The Morgan fingerprint density at radius 3 is 2.56 bits per heavy atom. The van der Waals surface area contributed by atoms with Gasteiger partial charge in [-0.2, -0.15) is 0 Å². The Morgan fingerprint density at radius 1 is 1.17 bits per heavy atom. The highest BCUT2D eigenvalue weighted by Crippen LogP contribution is 2.16. The Labute approximate surface area is 112 Å². The van der Waals surface area contributed by atoms with Gasteiger partial charge in [0.05, 0.1) is 0 Å². The van der Waals surface area contributed by atoms with Crippen LogP contribution in [0, 0.1) is 0 Å². The van der Waals surface area contributed by atoms with Crippen LogP contribution in [0.15, 0.2) is 42.5 Å². The summed E-state index contributed by atoms with van der Waals surface area (Å²) in [6, 6.07) is 14.5. The summed E-state index contributed by atoms with van der Waals surface area (Å²) in [5.74, 6) is 0.0221. The van der Waals surface area contributed by atoms with Crippen molar-refractivity contribution in [2.45, 2.75) is 13.5 Å². The molecule has 0 unspecified atom stereocenters. The van der Waals surface area contributed by atoms with Crippen LogP contribution in [0.25, 0.3) is 10.8 Å². The van der Waals surface area contributed by atoms with E-state index in [1.807, 2.05) is 19.1 Å². The first-order valence-corrected chi connectivity index (χ1v) is 6.59. The van der Waals surface area contributed by atoms with E-state index in [-0.39, 0.29) is 11.8 Å². The van der Waals surface area contributed by atoms with Gasteiger partial charge in [-0.3, -0.25) is 4.79 Å². The molecule has 0 aromatic heterocycles. The molecule has 0 spiro atoms. The maximum atomic E-state index is 11.6. The highest BCUT2D eigenvalue weighted by molar-refractivity contribution is 6.27. The highest BCUT2D eigenvalue weighted by atomic mass is 35.5. The second-order valence-corrected chi connectivity index (χ2v) is 4.49. The molecule has 0 saturated carbocycles. The largest absolute Gasteiger partial charge is 0.338 e. The summed E-state index contributed by atoms with van der Waals surface area (Å²) in [5.41, 5.74) is 1.13. The SMILES string of the molecule is CCN(Cc1ccc2ccccc2c1)C(=O)CCl. The van der Waals surface area contributed by atoms with E-state index >= 15 is 0 Å². The number of hydrogen-bond acceptors (Lipinski definition) is 1. The van der Waals surface area contributed by atoms with Gasteiger partial charge in [-0.25, -0.2) is 0 Å². The van der Waals surface area contributed by atoms with Crippen molar-refractivity contribution < 1.29 is 4.79 Å². The molecule has 0 aliphatic heterocycles. The van der Waals surface area contributed by atoms with E-state index in [1.165, 1.54) is 10.8 Å². The fourth-order valence-corrected chi connectivity index (χ4v) is 2.19. The van der Waals surface area contributed by atoms with Crippen LogP contribution in [-0.2, 0) is 11.3 Å². The van der Waals surface area contributed by atoms with Gasteiger partial charge in [0, 0.05) is 13.1 Å². The number of amides is 1. The molecule has 0 bridgehead atoms. The molecule has 2 rings (SSSR count). The number of benzene rings is 2. The van der Waals surface area contributed by atoms with Crippen molar-refractivity contribution in [1.82, 2.24) is 4.90 Å². The molecular formula is C15H16ClNO. The predicted octanol–water partition coefficient (Wildman–Crippen LogP) is 3.43. The Kier molecular flexibility index (Phi) is 4.21. The number of carbonyl (C=O) groups excluding carboxylic acids is 1. The molecule has 2 aromatic rings. The molecule has 2 aromatic carbocycles. The number of hydrogen-bond donors (Lipinski definition) is 0. The number of halogens is 1. The van der Waals surface area contributed by atoms with Crippen molar-refractivity contribution in [2.75, 3.05) is 12.4 Å². The fourth-order valence-electron chi connectivity index (χ4n) is 2.02. The third-order valence-corrected chi connectivity index (χ3v) is 3.26. The fraction of sp³-hybridized carbons (Fsp3) is 0.267. The van der Waals surface area contributed by atoms with E-state index in [4.69, 9.17) is 11.6 Å². The second-order valence-electron chi connectivity index (χ2n) is 4.22. The van der Waals surface area contributed by atoms with Crippen molar-refractivity contribution in [3.63, 3.8) is 0 Å². The number of alkyl halides is 1. The van der Waals surface area contributed by atoms with Gasteiger partial charge in [0.1, 0.15) is 5.88 Å². The Bertz CT molecular complexity index is 553. The van der Waals surface area contributed by atoms with E-state index in [0.717, 1.165) is 5.56 Å². The molecule has 94 valence electrons. The summed E-state index contributed by atoms with van der Waals surface area (Å²) in [6.45, 7) is 3.26. The van der Waals surface area contributed by atoms with Crippen molar-refractivity contribution >= 4 is 28.3 Å². The summed E-state index contributed by atoms with van der Waals surface area (Å²) < 4.78 is 0. The van der Waals surface area contributed by atoms with Crippen LogP contribution < -0.4 is 0 Å². The van der Waals surface area contributed by atoms with Gasteiger partial charge in [0.15, 0.2) is 0 Å². The third-order valence-electron chi connectivity index (χ3n) is 3.04. The van der Waals surface area contributed by atoms with Crippen molar-refractivity contribution in [3.05, 3.63) is 48.0 Å². The van der Waals surface area contributed by atoms with Crippen LogP contribution in [0.4, 0.5) is 0 Å². The lowest BCUT2D eigenvalue weighted by atomic mass is 10.1. The van der Waals surface area contributed by atoms with Crippen LogP contribution >= 0.6 is 11.6 Å². The van der Waals surface area contributed by atoms with Crippen LogP contribution in [-0.4, -0.2) is 23.2 Å². The van der Waals surface area contributed by atoms with Gasteiger partial charge in [-0.15, -0.1) is 11.6 Å². The standard InChI is InChI=1S/C15H16ClNO/c1-2-17(15(18)10-16)11-12-7-8-13-5-3-4-6-14(13)9-12/h3-9H,2,10-11H2,1H3. The van der Waals surface area contributed by atoms with E-state index in [9.17, 15) is 4.79 Å². The predicted molar refractivity (Wildman–Crippen MR) is 75.8 cm³/mol. The lowest BCUT2D eigenvalue weighted by Gasteiger charge is -2.20. The minimum atomic E-state index is -0.0210. The summed E-state index contributed by atoms with van der Waals surface area (Å²) in [5, 5.41) is 2.41. The number of rotatable bonds is 4. The Hall–Kier alpha value is -1.54. The molecule has 0 aliphatic carbocycles. The Morgan fingerprint density at radius 2 is 1.89 bits per heavy atom. The van der Waals surface area contributed by atoms with Crippen molar-refractivity contribution in [2.24, 2.45) is 0 Å². The zero-order chi connectivity index (χ0) is 13.0. The quantitative estimate of drug-likeness (QED) is 0.773. The maximum absolute atomic E-state index is 11.6. The van der Waals surface area contributed by atoms with Gasteiger partial charge >= 0.3 is 0 Å². The molecule has 0 saturated heterocycles. The summed E-state index contributed by atoms with van der Waals surface area (Å²) in [6.07, 6.45) is 0. The first-order valence-electron chi connectivity index (χ1n) is 6.06. The molecule has 2 nitrogen and oxygen atoms in total. The van der Waals surface area contributed by atoms with Gasteiger partial charge in [-0.05, 0) is 29.3 Å². The van der Waals surface area contributed by atoms with Crippen LogP contribution in [0.3, 0.4) is 0 Å². The van der Waals surface area contributed by atoms with E-state index in [1.54, 1.807) is 4.90 Å². The molecule has 0 atom stereocenters. The minimum Gasteiger partial charge on any atom is -0.338 e. The lowest BCUT2D eigenvalue weighted by molar-refractivity contribution is -0.128. The molecule has 0 heterocycles. The molecule has 0 radical (unpaired) electrons. The third kappa shape index (κ3) is 2.82. The average molecular weight is 262 g/mol. The van der Waals surface area contributed by atoms with Crippen LogP contribution in [0.2, 0.25) is 0 Å². The number of fused-ring (bicyclic) bond motifs is 1. The van der Waals surface area contributed by atoms with Gasteiger partial charge in [-0.1, -0.05) is 36.4 Å². The lowest BCUT2D eigenvalue weighted by Crippen LogP contribution is -2.31. The van der Waals surface area contributed by atoms with E-state index < -0.39 is 0 Å². The first kappa shape index (κ1) is 12.9. The van der Waals surface area contributed by atoms with E-state index in [2.05, 4.69) is 30.3 Å². The molecule has 18 heavy (non-hydrogen) atoms. The smallest absolute Gasteiger partial charge is 0.237 e. The molecule has 0 N–H and O–H groups in total. The summed E-state index contributed by atoms with van der Waals surface area (Å²) >= 11 is 5.60. The number of carbonyl (C=O) groups is 1. The first-order chi connectivity index (χ1) is 8.74. The molecule has 1 amide bonds. The average Bonchev–Trinajstić information content (AvgIpc) is 2.43. The molecular weight excluding hydrogens is 246 g/mol. The summed E-state index contributed by atoms with van der Waals surface area (Å²) in [7, 11) is 0. The van der Waals surface area contributed by atoms with Gasteiger partial charge in [0.25, 0.3) is 0 Å². The summed E-state index contributed by atoms with van der Waals surface area (Å²) in [4.78, 5) is 13.4. The monoisotopic (exact) mass is 261 g/mol. The number of nitrogens with zero attached hydrogens (tertiary/aromatic N) is 1.